The third kappa shape index (κ3) is 3.17. The average molecular weight is 301 g/mol. The first-order valence-corrected chi connectivity index (χ1v) is 6.24. The zero-order valence-electron chi connectivity index (χ0n) is 9.19. The molecule has 0 saturated carbocycles. The topological polar surface area (TPSA) is 64.4 Å². The van der Waals surface area contributed by atoms with E-state index >= 15 is 0 Å². The third-order valence-corrected chi connectivity index (χ3v) is 3.41. The lowest BCUT2D eigenvalue weighted by atomic mass is 10.1. The van der Waals surface area contributed by atoms with Gasteiger partial charge in [-0.3, -0.25) is 10.1 Å². The van der Waals surface area contributed by atoms with Gasteiger partial charge in [0, 0.05) is 31.0 Å². The van der Waals surface area contributed by atoms with Crippen LogP contribution in [0.4, 0.5) is 11.4 Å². The van der Waals surface area contributed by atoms with E-state index in [2.05, 4.69) is 21.2 Å². The Morgan fingerprint density at radius 3 is 2.76 bits per heavy atom. The van der Waals surface area contributed by atoms with Crippen molar-refractivity contribution in [3.8, 4) is 0 Å². The highest BCUT2D eigenvalue weighted by atomic mass is 79.9. The second-order valence-corrected chi connectivity index (χ2v) is 4.81. The number of ether oxygens (including phenoxy) is 1. The number of nitrogens with zero attached hydrogens (tertiary/aromatic N) is 1. The first-order valence-electron chi connectivity index (χ1n) is 5.45. The second kappa shape index (κ2) is 5.46. The molecule has 1 fully saturated rings. The van der Waals surface area contributed by atoms with Gasteiger partial charge in [-0.15, -0.1) is 0 Å². The number of hydrogen-bond acceptors (Lipinski definition) is 4. The average Bonchev–Trinajstić information content (AvgIpc) is 2.32. The van der Waals surface area contributed by atoms with Gasteiger partial charge in [0.25, 0.3) is 5.69 Å². The summed E-state index contributed by atoms with van der Waals surface area (Å²) in [5.74, 6) is 0. The van der Waals surface area contributed by atoms with Gasteiger partial charge >= 0.3 is 0 Å². The largest absolute Gasteiger partial charge is 0.382 e. The van der Waals surface area contributed by atoms with Crippen LogP contribution in [0.2, 0.25) is 0 Å². The Morgan fingerprint density at radius 1 is 1.41 bits per heavy atom. The molecule has 0 aliphatic carbocycles. The molecular formula is C11H13BrN2O3. The molecule has 2 rings (SSSR count). The van der Waals surface area contributed by atoms with Crippen LogP contribution in [0.25, 0.3) is 0 Å². The number of hydrogen-bond donors (Lipinski definition) is 1. The molecule has 0 atom stereocenters. The van der Waals surface area contributed by atoms with Gasteiger partial charge in [-0.25, -0.2) is 0 Å². The maximum Gasteiger partial charge on any atom is 0.285 e. The van der Waals surface area contributed by atoms with Crippen LogP contribution >= 0.6 is 15.9 Å². The maximum atomic E-state index is 10.8. The SMILES string of the molecule is O=[N+]([O-])c1cc(NC2CCOCC2)ccc1Br. The van der Waals surface area contributed by atoms with Crippen LogP contribution in [0, 0.1) is 10.1 Å². The van der Waals surface area contributed by atoms with E-state index in [1.165, 1.54) is 0 Å². The van der Waals surface area contributed by atoms with Crippen molar-refractivity contribution in [1.82, 2.24) is 0 Å². The van der Waals surface area contributed by atoms with Crippen molar-refractivity contribution in [2.45, 2.75) is 18.9 Å². The molecule has 1 N–H and O–H groups in total. The number of anilines is 1. The highest BCUT2D eigenvalue weighted by Gasteiger charge is 2.16. The monoisotopic (exact) mass is 300 g/mol. The van der Waals surface area contributed by atoms with Gasteiger partial charge in [-0.1, -0.05) is 0 Å². The quantitative estimate of drug-likeness (QED) is 0.688. The van der Waals surface area contributed by atoms with Crippen LogP contribution in [0.1, 0.15) is 12.8 Å². The van der Waals surface area contributed by atoms with Crippen LogP contribution in [-0.2, 0) is 4.74 Å². The molecule has 0 radical (unpaired) electrons. The minimum Gasteiger partial charge on any atom is -0.382 e. The van der Waals surface area contributed by atoms with Crippen molar-refractivity contribution in [3.63, 3.8) is 0 Å². The van der Waals surface area contributed by atoms with Crippen molar-refractivity contribution < 1.29 is 9.66 Å². The third-order valence-electron chi connectivity index (χ3n) is 2.73. The smallest absolute Gasteiger partial charge is 0.285 e. The molecular weight excluding hydrogens is 288 g/mol. The zero-order valence-corrected chi connectivity index (χ0v) is 10.8. The zero-order chi connectivity index (χ0) is 12.3. The van der Waals surface area contributed by atoms with E-state index in [0.717, 1.165) is 31.7 Å². The maximum absolute atomic E-state index is 10.8. The van der Waals surface area contributed by atoms with Crippen LogP contribution < -0.4 is 5.32 Å². The summed E-state index contributed by atoms with van der Waals surface area (Å²) in [6, 6.07) is 5.43. The van der Waals surface area contributed by atoms with E-state index in [9.17, 15) is 10.1 Å². The molecule has 6 heteroatoms. The normalized spacial score (nSPS) is 16.8. The van der Waals surface area contributed by atoms with E-state index in [0.29, 0.717) is 10.5 Å². The Balaban J connectivity index is 2.10. The molecule has 92 valence electrons. The summed E-state index contributed by atoms with van der Waals surface area (Å²) in [7, 11) is 0. The number of rotatable bonds is 3. The van der Waals surface area contributed by atoms with Gasteiger partial charge in [-0.2, -0.15) is 0 Å². The lowest BCUT2D eigenvalue weighted by Crippen LogP contribution is -2.27. The highest BCUT2D eigenvalue weighted by Crippen LogP contribution is 2.28. The van der Waals surface area contributed by atoms with E-state index < -0.39 is 0 Å². The summed E-state index contributed by atoms with van der Waals surface area (Å²) in [5.41, 5.74) is 0.869. The van der Waals surface area contributed by atoms with Gasteiger partial charge in [0.2, 0.25) is 0 Å². The first kappa shape index (κ1) is 12.3. The Labute approximate surface area is 107 Å². The Kier molecular flexibility index (Phi) is 3.96. The predicted octanol–water partition coefficient (Wildman–Crippen LogP) is 2.95. The lowest BCUT2D eigenvalue weighted by molar-refractivity contribution is -0.385. The number of nitro groups is 1. The molecule has 1 aliphatic rings. The standard InChI is InChI=1S/C11H13BrN2O3/c12-10-2-1-9(7-11(10)14(15)16)13-8-3-5-17-6-4-8/h1-2,7-8,13H,3-6H2. The summed E-state index contributed by atoms with van der Waals surface area (Å²) >= 11 is 3.17. The highest BCUT2D eigenvalue weighted by molar-refractivity contribution is 9.10. The van der Waals surface area contributed by atoms with E-state index in [1.807, 2.05) is 6.07 Å². The van der Waals surface area contributed by atoms with Crippen molar-refractivity contribution in [3.05, 3.63) is 32.8 Å². The molecule has 0 bridgehead atoms. The molecule has 5 nitrogen and oxygen atoms in total. The first-order chi connectivity index (χ1) is 8.16. The number of benzene rings is 1. The fourth-order valence-corrected chi connectivity index (χ4v) is 2.21. The summed E-state index contributed by atoms with van der Waals surface area (Å²) < 4.78 is 5.76. The lowest BCUT2D eigenvalue weighted by Gasteiger charge is -2.24. The van der Waals surface area contributed by atoms with Gasteiger partial charge in [0.1, 0.15) is 0 Å². The number of nitro benzene ring substituents is 1. The Bertz CT molecular complexity index is 419. The molecule has 0 aromatic heterocycles. The molecule has 1 aliphatic heterocycles. The van der Waals surface area contributed by atoms with E-state index in [-0.39, 0.29) is 10.6 Å². The molecule has 1 heterocycles. The summed E-state index contributed by atoms with van der Waals surface area (Å²) in [4.78, 5) is 10.4. The molecule has 0 unspecified atom stereocenters. The molecule has 0 spiro atoms. The predicted molar refractivity (Wildman–Crippen MR) is 68.3 cm³/mol. The fraction of sp³-hybridized carbons (Fsp3) is 0.455. The van der Waals surface area contributed by atoms with Gasteiger partial charge in [0.05, 0.1) is 9.40 Å². The van der Waals surface area contributed by atoms with Crippen molar-refractivity contribution in [2.24, 2.45) is 0 Å². The number of halogens is 1. The van der Waals surface area contributed by atoms with Crippen molar-refractivity contribution in [2.75, 3.05) is 18.5 Å². The minimum atomic E-state index is -0.390. The summed E-state index contributed by atoms with van der Waals surface area (Å²) in [6.07, 6.45) is 1.87. The fourth-order valence-electron chi connectivity index (χ4n) is 1.82. The van der Waals surface area contributed by atoms with Gasteiger partial charge in [0.15, 0.2) is 0 Å². The van der Waals surface area contributed by atoms with Crippen LogP contribution in [0.3, 0.4) is 0 Å². The van der Waals surface area contributed by atoms with Crippen LogP contribution in [0.5, 0.6) is 0 Å². The van der Waals surface area contributed by atoms with Crippen LogP contribution in [0.15, 0.2) is 22.7 Å². The molecule has 0 amide bonds. The van der Waals surface area contributed by atoms with E-state index in [1.54, 1.807) is 12.1 Å². The molecule has 1 saturated heterocycles. The summed E-state index contributed by atoms with van der Waals surface area (Å²) in [5, 5.41) is 14.1. The van der Waals surface area contributed by atoms with Gasteiger partial charge in [-0.05, 0) is 40.9 Å². The van der Waals surface area contributed by atoms with Crippen LogP contribution in [-0.4, -0.2) is 24.2 Å². The minimum absolute atomic E-state index is 0.0852. The Hall–Kier alpha value is -1.14. The molecule has 17 heavy (non-hydrogen) atoms. The Morgan fingerprint density at radius 2 is 2.12 bits per heavy atom. The van der Waals surface area contributed by atoms with Gasteiger partial charge < -0.3 is 10.1 Å². The second-order valence-electron chi connectivity index (χ2n) is 3.95. The summed E-state index contributed by atoms with van der Waals surface area (Å²) in [6.45, 7) is 1.49. The number of nitrogens with one attached hydrogen (secondary N) is 1. The molecule has 1 aromatic rings. The van der Waals surface area contributed by atoms with E-state index in [4.69, 9.17) is 4.74 Å². The van der Waals surface area contributed by atoms with Crippen molar-refractivity contribution >= 4 is 27.3 Å². The van der Waals surface area contributed by atoms with Crippen molar-refractivity contribution in [1.29, 1.82) is 0 Å². The molecule has 1 aromatic carbocycles.